The van der Waals surface area contributed by atoms with Crippen molar-refractivity contribution >= 4 is 15.7 Å². The fourth-order valence-corrected chi connectivity index (χ4v) is 4.35. The van der Waals surface area contributed by atoms with E-state index in [1.165, 1.54) is 0 Å². The number of carbonyl (C=O) groups excluding carboxylic acids is 1. The van der Waals surface area contributed by atoms with Gasteiger partial charge in [0.2, 0.25) is 9.84 Å². The van der Waals surface area contributed by atoms with E-state index in [0.29, 0.717) is 17.0 Å². The molecule has 0 aliphatic carbocycles. The Hall–Kier alpha value is -2.40. The molecule has 0 spiro atoms. The van der Waals surface area contributed by atoms with Gasteiger partial charge in [-0.25, -0.2) is 8.42 Å². The molecule has 2 aromatic carbocycles. The van der Waals surface area contributed by atoms with Crippen molar-refractivity contribution in [3.05, 3.63) is 76.7 Å². The van der Waals surface area contributed by atoms with Crippen LogP contribution in [0.5, 0.6) is 0 Å². The van der Waals surface area contributed by atoms with E-state index in [-0.39, 0.29) is 17.3 Å². The number of benzene rings is 2. The molecule has 3 rings (SSSR count). The predicted octanol–water partition coefficient (Wildman–Crippen LogP) is 2.89. The molecule has 2 aromatic rings. The van der Waals surface area contributed by atoms with Crippen LogP contribution in [-0.4, -0.2) is 32.3 Å². The summed E-state index contributed by atoms with van der Waals surface area (Å²) < 4.78 is 25.5. The van der Waals surface area contributed by atoms with Crippen LogP contribution in [0, 0.1) is 0 Å². The van der Waals surface area contributed by atoms with Gasteiger partial charge < -0.3 is 4.90 Å². The molecule has 0 saturated carbocycles. The van der Waals surface area contributed by atoms with Crippen LogP contribution >= 0.6 is 0 Å². The van der Waals surface area contributed by atoms with Crippen molar-refractivity contribution in [1.29, 1.82) is 0 Å². The van der Waals surface area contributed by atoms with Crippen LogP contribution in [0.3, 0.4) is 0 Å². The molecular weight excluding hydrogens is 310 g/mol. The highest BCUT2D eigenvalue weighted by molar-refractivity contribution is 7.95. The number of carbonyl (C=O) groups is 1. The molecule has 0 unspecified atom stereocenters. The van der Waals surface area contributed by atoms with Crippen molar-refractivity contribution in [2.45, 2.75) is 11.8 Å². The molecule has 0 N–H and O–H groups in total. The fourth-order valence-electron chi connectivity index (χ4n) is 2.70. The van der Waals surface area contributed by atoms with Gasteiger partial charge in [0.25, 0.3) is 5.91 Å². The predicted molar refractivity (Wildman–Crippen MR) is 88.7 cm³/mol. The molecule has 1 heterocycles. The lowest BCUT2D eigenvalue weighted by molar-refractivity contribution is 0.0797. The molecule has 5 heteroatoms. The molecular formula is C18H17NO3S. The highest BCUT2D eigenvalue weighted by Gasteiger charge is 2.32. The van der Waals surface area contributed by atoms with Gasteiger partial charge in [0.15, 0.2) is 0 Å². The van der Waals surface area contributed by atoms with Gasteiger partial charge in [-0.05, 0) is 36.8 Å². The summed E-state index contributed by atoms with van der Waals surface area (Å²) in [5.74, 6) is -0.150. The summed E-state index contributed by atoms with van der Waals surface area (Å²) in [4.78, 5) is 14.7. The van der Waals surface area contributed by atoms with Crippen molar-refractivity contribution in [2.75, 3.05) is 13.1 Å². The molecule has 4 nitrogen and oxygen atoms in total. The Labute approximate surface area is 136 Å². The summed E-state index contributed by atoms with van der Waals surface area (Å²) in [7, 11) is -3.55. The van der Waals surface area contributed by atoms with Gasteiger partial charge in [0.1, 0.15) is 0 Å². The molecule has 0 radical (unpaired) electrons. The van der Waals surface area contributed by atoms with Gasteiger partial charge in [-0.3, -0.25) is 4.79 Å². The second-order valence-corrected chi connectivity index (χ2v) is 7.52. The standard InChI is InChI=1S/C18H17NO3S/c1-14-12-19(18(20)15-8-4-2-5-9-15)13-17(14)23(21,22)16-10-6-3-7-11-16/h2-11H,12-13H2,1H3. The van der Waals surface area contributed by atoms with Crippen molar-refractivity contribution in [1.82, 2.24) is 4.90 Å². The second-order valence-electron chi connectivity index (χ2n) is 5.55. The highest BCUT2D eigenvalue weighted by atomic mass is 32.2. The zero-order valence-electron chi connectivity index (χ0n) is 12.8. The van der Waals surface area contributed by atoms with Crippen LogP contribution in [0.1, 0.15) is 17.3 Å². The van der Waals surface area contributed by atoms with Crippen LogP contribution in [-0.2, 0) is 9.84 Å². The van der Waals surface area contributed by atoms with Crippen molar-refractivity contribution < 1.29 is 13.2 Å². The second kappa shape index (κ2) is 6.01. The summed E-state index contributed by atoms with van der Waals surface area (Å²) in [5.41, 5.74) is 1.29. The molecule has 0 bridgehead atoms. The summed E-state index contributed by atoms with van der Waals surface area (Å²) >= 11 is 0. The van der Waals surface area contributed by atoms with Crippen LogP contribution in [0.25, 0.3) is 0 Å². The summed E-state index contributed by atoms with van der Waals surface area (Å²) in [6.45, 7) is 2.24. The fraction of sp³-hybridized carbons (Fsp3) is 0.167. The summed E-state index contributed by atoms with van der Waals surface area (Å²) in [6.07, 6.45) is 0. The van der Waals surface area contributed by atoms with Gasteiger partial charge >= 0.3 is 0 Å². The Morgan fingerprint density at radius 3 is 2.09 bits per heavy atom. The van der Waals surface area contributed by atoms with E-state index in [0.717, 1.165) is 5.57 Å². The first kappa shape index (κ1) is 15.5. The molecule has 1 aliphatic rings. The van der Waals surface area contributed by atoms with Gasteiger partial charge in [-0.1, -0.05) is 36.4 Å². The molecule has 0 aromatic heterocycles. The van der Waals surface area contributed by atoms with Crippen molar-refractivity contribution in [2.24, 2.45) is 0 Å². The quantitative estimate of drug-likeness (QED) is 0.871. The van der Waals surface area contributed by atoms with E-state index >= 15 is 0 Å². The van der Waals surface area contributed by atoms with Crippen LogP contribution in [0.2, 0.25) is 0 Å². The SMILES string of the molecule is CC1=C(S(=O)(=O)c2ccccc2)CN(C(=O)c2ccccc2)C1. The first-order valence-corrected chi connectivity index (χ1v) is 8.81. The average molecular weight is 327 g/mol. The van der Waals surface area contributed by atoms with E-state index in [1.54, 1.807) is 66.4 Å². The minimum atomic E-state index is -3.55. The van der Waals surface area contributed by atoms with E-state index in [2.05, 4.69) is 0 Å². The van der Waals surface area contributed by atoms with Crippen molar-refractivity contribution in [3.63, 3.8) is 0 Å². The zero-order chi connectivity index (χ0) is 16.4. The Kier molecular flexibility index (Phi) is 4.05. The minimum Gasteiger partial charge on any atom is -0.330 e. The monoisotopic (exact) mass is 327 g/mol. The lowest BCUT2D eigenvalue weighted by atomic mass is 10.2. The molecule has 118 valence electrons. The van der Waals surface area contributed by atoms with E-state index in [9.17, 15) is 13.2 Å². The average Bonchev–Trinajstić information content (AvgIpc) is 2.98. The lowest BCUT2D eigenvalue weighted by Crippen LogP contribution is -2.30. The Morgan fingerprint density at radius 1 is 0.913 bits per heavy atom. The molecule has 23 heavy (non-hydrogen) atoms. The Bertz CT molecular complexity index is 856. The van der Waals surface area contributed by atoms with Gasteiger partial charge in [0, 0.05) is 12.1 Å². The third-order valence-corrected chi connectivity index (χ3v) is 5.94. The van der Waals surface area contributed by atoms with E-state index in [1.807, 2.05) is 6.07 Å². The number of nitrogens with zero attached hydrogens (tertiary/aromatic N) is 1. The largest absolute Gasteiger partial charge is 0.330 e. The van der Waals surface area contributed by atoms with Gasteiger partial charge in [0.05, 0.1) is 16.3 Å². The third kappa shape index (κ3) is 2.92. The van der Waals surface area contributed by atoms with Gasteiger partial charge in [-0.15, -0.1) is 0 Å². The number of hydrogen-bond acceptors (Lipinski definition) is 3. The summed E-state index contributed by atoms with van der Waals surface area (Å²) in [6, 6.07) is 17.2. The highest BCUT2D eigenvalue weighted by Crippen LogP contribution is 2.28. The third-order valence-electron chi connectivity index (χ3n) is 3.92. The van der Waals surface area contributed by atoms with Gasteiger partial charge in [-0.2, -0.15) is 0 Å². The molecule has 1 aliphatic heterocycles. The normalized spacial score (nSPS) is 15.1. The van der Waals surface area contributed by atoms with Crippen LogP contribution in [0.15, 0.2) is 76.0 Å². The Balaban J connectivity index is 1.87. The maximum Gasteiger partial charge on any atom is 0.254 e. The van der Waals surface area contributed by atoms with E-state index < -0.39 is 9.84 Å². The number of hydrogen-bond donors (Lipinski definition) is 0. The van der Waals surface area contributed by atoms with Crippen molar-refractivity contribution in [3.8, 4) is 0 Å². The molecule has 1 amide bonds. The molecule has 0 fully saturated rings. The van der Waals surface area contributed by atoms with Crippen LogP contribution < -0.4 is 0 Å². The molecule has 0 atom stereocenters. The first-order valence-electron chi connectivity index (χ1n) is 7.33. The summed E-state index contributed by atoms with van der Waals surface area (Å²) in [5, 5.41) is 0. The topological polar surface area (TPSA) is 54.5 Å². The Morgan fingerprint density at radius 2 is 1.48 bits per heavy atom. The smallest absolute Gasteiger partial charge is 0.254 e. The minimum absolute atomic E-state index is 0.122. The first-order chi connectivity index (χ1) is 11.0. The number of sulfone groups is 1. The zero-order valence-corrected chi connectivity index (χ0v) is 13.6. The maximum absolute atomic E-state index is 12.8. The lowest BCUT2D eigenvalue weighted by Gasteiger charge is -2.16. The maximum atomic E-state index is 12.8. The number of amides is 1. The number of rotatable bonds is 3. The van der Waals surface area contributed by atoms with E-state index in [4.69, 9.17) is 0 Å². The molecule has 0 saturated heterocycles. The van der Waals surface area contributed by atoms with Crippen LogP contribution in [0.4, 0.5) is 0 Å².